The molecule has 1 unspecified atom stereocenters. The van der Waals surface area contributed by atoms with Crippen molar-refractivity contribution in [2.75, 3.05) is 23.8 Å². The Morgan fingerprint density at radius 2 is 1.05 bits per heavy atom. The van der Waals surface area contributed by atoms with Crippen molar-refractivity contribution in [3.05, 3.63) is 152 Å². The van der Waals surface area contributed by atoms with E-state index in [0.29, 0.717) is 39.7 Å². The van der Waals surface area contributed by atoms with Gasteiger partial charge in [0.2, 0.25) is 0 Å². The van der Waals surface area contributed by atoms with Crippen LogP contribution in [0.25, 0.3) is 22.3 Å². The summed E-state index contributed by atoms with van der Waals surface area (Å²) in [6.45, 7) is 12.5. The monoisotopic (exact) mass is 932 g/mol. The van der Waals surface area contributed by atoms with Gasteiger partial charge >= 0.3 is 0 Å². The number of aromatic amines is 2. The highest BCUT2D eigenvalue weighted by Crippen LogP contribution is 2.32. The molecule has 4 heterocycles. The molecule has 6 aromatic rings. The smallest absolute Gasteiger partial charge is 0.256 e. The number of rotatable bonds is 13. The summed E-state index contributed by atoms with van der Waals surface area (Å²) in [6.07, 6.45) is 6.02. The van der Waals surface area contributed by atoms with Crippen LogP contribution in [0.5, 0.6) is 0 Å². The van der Waals surface area contributed by atoms with Gasteiger partial charge in [-0.2, -0.15) is 27.0 Å². The van der Waals surface area contributed by atoms with E-state index in [4.69, 9.17) is 10.8 Å². The fourth-order valence-electron chi connectivity index (χ4n) is 6.07. The summed E-state index contributed by atoms with van der Waals surface area (Å²) < 4.78 is 28.6. The SMILES string of the molecule is CC(=O)c1cnccc1Nc1cc(-c2ccccc2F)c(=O)[nH]c1C(C)C.CC(CO)NC(=O)c1cnccc1Nc1cc(-c2ccccc2F)c(=O)[nH]c1C(C)C.C[C@H](N)CO.S.S. The van der Waals surface area contributed by atoms with E-state index < -0.39 is 29.1 Å². The summed E-state index contributed by atoms with van der Waals surface area (Å²) in [4.78, 5) is 63.4. The lowest BCUT2D eigenvalue weighted by atomic mass is 10.0. The van der Waals surface area contributed by atoms with Crippen molar-refractivity contribution in [3.8, 4) is 22.3 Å². The average Bonchev–Trinajstić information content (AvgIpc) is 3.25. The molecular formula is C47H58F2N8O6S2. The number of carbonyl (C=O) groups excluding carboxylic acids is 2. The second-order valence-corrected chi connectivity index (χ2v) is 15.3. The van der Waals surface area contributed by atoms with E-state index in [2.05, 4.69) is 35.9 Å². The minimum Gasteiger partial charge on any atom is -0.395 e. The van der Waals surface area contributed by atoms with Crippen LogP contribution in [0.15, 0.2) is 107 Å². The summed E-state index contributed by atoms with van der Waals surface area (Å²) >= 11 is 0. The van der Waals surface area contributed by atoms with Crippen LogP contribution in [-0.4, -0.2) is 67.1 Å². The molecule has 0 saturated carbocycles. The number of H-pyrrole nitrogens is 2. The van der Waals surface area contributed by atoms with Gasteiger partial charge in [-0.1, -0.05) is 64.1 Å². The largest absolute Gasteiger partial charge is 0.395 e. The van der Waals surface area contributed by atoms with Gasteiger partial charge in [0.15, 0.2) is 5.78 Å². The van der Waals surface area contributed by atoms with Crippen LogP contribution in [0, 0.1) is 11.6 Å². The van der Waals surface area contributed by atoms with Gasteiger partial charge in [0.1, 0.15) is 11.6 Å². The standard InChI is InChI=1S/C23H25FN4O3.C21H20FN3O2.C3H9NO.2H2S/c1-13(2)21-20(10-16(22(30)28-21)15-6-4-5-7-18(15)24)27-19-8-9-25-11-17(19)23(31)26-14(3)12-29;1-12(2)20-19(24-18-8-9-23-11-16(18)13(3)26)10-15(21(27)25-20)14-6-4-5-7-17(14)22;1-3(4)2-5;;/h4-11,13-14,29H,12H2,1-3H3,(H,25,27)(H,26,31)(H,28,30);4-12H,1-3H3,(H,23,24)(H,25,27);3,5H,2,4H2,1H3;2*1H2/t;;3-;;/m..0../s1. The zero-order chi connectivity index (χ0) is 46.4. The molecule has 0 aliphatic heterocycles. The van der Waals surface area contributed by atoms with Crippen LogP contribution in [0.4, 0.5) is 31.5 Å². The summed E-state index contributed by atoms with van der Waals surface area (Å²) in [5.74, 6) is -1.54. The summed E-state index contributed by atoms with van der Waals surface area (Å²) in [5, 5.41) is 26.3. The molecule has 4 aromatic heterocycles. The van der Waals surface area contributed by atoms with E-state index in [9.17, 15) is 33.1 Å². The van der Waals surface area contributed by atoms with Crippen LogP contribution < -0.4 is 32.8 Å². The molecule has 0 spiro atoms. The Balaban J connectivity index is 0.000000396. The molecule has 65 heavy (non-hydrogen) atoms. The highest BCUT2D eigenvalue weighted by atomic mass is 32.1. The van der Waals surface area contributed by atoms with Gasteiger partial charge in [-0.15, -0.1) is 0 Å². The number of nitrogens with zero attached hydrogens (tertiary/aromatic N) is 2. The lowest BCUT2D eigenvalue weighted by Crippen LogP contribution is -2.35. The number of anilines is 4. The Bertz CT molecular complexity index is 2640. The fraction of sp³-hybridized carbons (Fsp3) is 0.277. The van der Waals surface area contributed by atoms with Crippen LogP contribution in [-0.2, 0) is 0 Å². The molecule has 9 N–H and O–H groups in total. The number of halogens is 2. The predicted molar refractivity (Wildman–Crippen MR) is 264 cm³/mol. The van der Waals surface area contributed by atoms with E-state index in [1.165, 1.54) is 37.6 Å². The van der Waals surface area contributed by atoms with Gasteiger partial charge in [-0.05, 0) is 69.0 Å². The molecule has 2 aromatic carbocycles. The molecule has 0 fully saturated rings. The van der Waals surface area contributed by atoms with Crippen molar-refractivity contribution in [1.29, 1.82) is 0 Å². The number of carbonyl (C=O) groups is 2. The zero-order valence-electron chi connectivity index (χ0n) is 37.2. The van der Waals surface area contributed by atoms with Crippen LogP contribution in [0.2, 0.25) is 0 Å². The van der Waals surface area contributed by atoms with Crippen LogP contribution >= 0.6 is 27.0 Å². The second kappa shape index (κ2) is 25.9. The van der Waals surface area contributed by atoms with E-state index in [1.54, 1.807) is 80.7 Å². The van der Waals surface area contributed by atoms with Crippen molar-refractivity contribution in [2.24, 2.45) is 5.73 Å². The van der Waals surface area contributed by atoms with Crippen molar-refractivity contribution >= 4 is 61.4 Å². The van der Waals surface area contributed by atoms with E-state index in [0.717, 1.165) is 0 Å². The lowest BCUT2D eigenvalue weighted by molar-refractivity contribution is 0.0922. The number of benzene rings is 2. The van der Waals surface area contributed by atoms with Gasteiger partial charge in [0, 0.05) is 59.4 Å². The normalized spacial score (nSPS) is 11.4. The van der Waals surface area contributed by atoms with E-state index >= 15 is 0 Å². The Morgan fingerprint density at radius 1 is 0.646 bits per heavy atom. The molecule has 348 valence electrons. The number of aliphatic hydroxyl groups excluding tert-OH is 2. The first-order chi connectivity index (χ1) is 30.0. The molecule has 0 aliphatic rings. The molecule has 0 radical (unpaired) electrons. The van der Waals surface area contributed by atoms with E-state index in [1.807, 2.05) is 27.7 Å². The van der Waals surface area contributed by atoms with Gasteiger partial charge in [-0.25, -0.2) is 8.78 Å². The lowest BCUT2D eigenvalue weighted by Gasteiger charge is -2.18. The number of hydrogen-bond donors (Lipinski definition) is 8. The Hall–Kier alpha value is -6.18. The summed E-state index contributed by atoms with van der Waals surface area (Å²) in [5.41, 5.74) is 9.28. The molecule has 2 atom stereocenters. The first-order valence-corrected chi connectivity index (χ1v) is 20.2. The van der Waals surface area contributed by atoms with Crippen molar-refractivity contribution in [1.82, 2.24) is 25.3 Å². The van der Waals surface area contributed by atoms with Gasteiger partial charge < -0.3 is 41.9 Å². The number of nitrogens with two attached hydrogens (primary N) is 1. The molecule has 6 rings (SSSR count). The summed E-state index contributed by atoms with van der Waals surface area (Å²) in [6, 6.07) is 18.2. The molecule has 18 heteroatoms. The van der Waals surface area contributed by atoms with Crippen molar-refractivity contribution < 1.29 is 28.6 Å². The number of pyridine rings is 4. The third-order valence-electron chi connectivity index (χ3n) is 9.37. The maximum Gasteiger partial charge on any atom is 0.256 e. The number of hydrogen-bond acceptors (Lipinski definition) is 11. The second-order valence-electron chi connectivity index (χ2n) is 15.3. The number of aliphatic hydroxyl groups is 2. The Labute approximate surface area is 390 Å². The highest BCUT2D eigenvalue weighted by molar-refractivity contribution is 7.59. The topological polar surface area (TPSA) is 228 Å². The fourth-order valence-corrected chi connectivity index (χ4v) is 6.07. The zero-order valence-corrected chi connectivity index (χ0v) is 39.2. The highest BCUT2D eigenvalue weighted by Gasteiger charge is 2.20. The maximum absolute atomic E-state index is 14.3. The van der Waals surface area contributed by atoms with Crippen molar-refractivity contribution in [3.63, 3.8) is 0 Å². The minimum atomic E-state index is -0.502. The number of ketones is 1. The van der Waals surface area contributed by atoms with Crippen molar-refractivity contribution in [2.45, 2.75) is 72.4 Å². The minimum absolute atomic E-state index is 0. The van der Waals surface area contributed by atoms with Crippen LogP contribution in [0.1, 0.15) is 92.4 Å². The third-order valence-corrected chi connectivity index (χ3v) is 9.37. The molecule has 14 nitrogen and oxygen atoms in total. The van der Waals surface area contributed by atoms with Crippen LogP contribution in [0.3, 0.4) is 0 Å². The van der Waals surface area contributed by atoms with E-state index in [-0.39, 0.29) is 97.2 Å². The number of amides is 1. The first-order valence-electron chi connectivity index (χ1n) is 20.2. The quantitative estimate of drug-likeness (QED) is 0.0522. The summed E-state index contributed by atoms with van der Waals surface area (Å²) in [7, 11) is 0. The molecule has 0 aliphatic carbocycles. The van der Waals surface area contributed by atoms with Gasteiger partial charge in [-0.3, -0.25) is 29.1 Å². The first kappa shape index (κ1) is 55.0. The number of Topliss-reactive ketones (excluding diaryl/α,β-unsaturated/α-hetero) is 1. The predicted octanol–water partition coefficient (Wildman–Crippen LogP) is 7.75. The molecule has 1 amide bonds. The van der Waals surface area contributed by atoms with Gasteiger partial charge in [0.05, 0.1) is 58.2 Å². The van der Waals surface area contributed by atoms with Gasteiger partial charge in [0.25, 0.3) is 17.0 Å². The average molecular weight is 933 g/mol. The molecule has 0 bridgehead atoms. The molecule has 0 saturated heterocycles. The Kier molecular flexibility index (Phi) is 21.9. The molecular weight excluding hydrogens is 875 g/mol. The number of nitrogens with one attached hydrogen (secondary N) is 5. The maximum atomic E-state index is 14.3. The third kappa shape index (κ3) is 14.9. The number of aromatic nitrogens is 4. The Morgan fingerprint density at radius 3 is 1.42 bits per heavy atom.